The van der Waals surface area contributed by atoms with Crippen LogP contribution in [0.4, 0.5) is 24.5 Å². The van der Waals surface area contributed by atoms with E-state index in [2.05, 4.69) is 10.1 Å². The van der Waals surface area contributed by atoms with E-state index in [1.54, 1.807) is 25.1 Å². The zero-order valence-electron chi connectivity index (χ0n) is 10.5. The summed E-state index contributed by atoms with van der Waals surface area (Å²) in [4.78, 5) is 11.4. The molecule has 1 aromatic rings. The van der Waals surface area contributed by atoms with Crippen molar-refractivity contribution in [3.63, 3.8) is 0 Å². The first-order valence-corrected chi connectivity index (χ1v) is 5.54. The van der Waals surface area contributed by atoms with Crippen LogP contribution in [0.3, 0.4) is 0 Å². The molecular formula is C12H15F3N2O2. The van der Waals surface area contributed by atoms with Gasteiger partial charge >= 0.3 is 6.18 Å². The van der Waals surface area contributed by atoms with E-state index in [9.17, 15) is 18.0 Å². The predicted octanol–water partition coefficient (Wildman–Crippen LogP) is 2.48. The van der Waals surface area contributed by atoms with Crippen molar-refractivity contribution in [2.24, 2.45) is 0 Å². The lowest BCUT2D eigenvalue weighted by Gasteiger charge is -2.16. The van der Waals surface area contributed by atoms with Crippen LogP contribution in [-0.4, -0.2) is 24.8 Å². The molecule has 1 rings (SSSR count). The molecule has 1 unspecified atom stereocenters. The molecule has 0 bridgehead atoms. The van der Waals surface area contributed by atoms with E-state index in [1.807, 2.05) is 0 Å². The van der Waals surface area contributed by atoms with Crippen molar-refractivity contribution in [3.8, 4) is 0 Å². The van der Waals surface area contributed by atoms with Gasteiger partial charge in [0.25, 0.3) is 0 Å². The second-order valence-electron chi connectivity index (χ2n) is 4.12. The summed E-state index contributed by atoms with van der Waals surface area (Å²) in [7, 11) is 0. The van der Waals surface area contributed by atoms with Crippen LogP contribution < -0.4 is 11.1 Å². The zero-order chi connectivity index (χ0) is 14.6. The first kappa shape index (κ1) is 15.3. The van der Waals surface area contributed by atoms with Crippen molar-refractivity contribution in [2.45, 2.75) is 26.1 Å². The first-order chi connectivity index (χ1) is 8.70. The highest BCUT2D eigenvalue weighted by Crippen LogP contribution is 2.22. The molecule has 19 heavy (non-hydrogen) atoms. The molecule has 0 aliphatic carbocycles. The maximum atomic E-state index is 12.2. The van der Waals surface area contributed by atoms with Crippen molar-refractivity contribution >= 4 is 17.3 Å². The standard InChI is InChI=1S/C12H15F3N2O2/c1-7-5-9(16)3-4-10(7)17-11(18)6-19-8(2)12(13,14)15/h3-5,8H,6,16H2,1-2H3,(H,17,18). The van der Waals surface area contributed by atoms with Crippen LogP contribution in [0.5, 0.6) is 0 Å². The summed E-state index contributed by atoms with van der Waals surface area (Å²) in [5, 5.41) is 2.46. The molecule has 0 aromatic heterocycles. The molecule has 0 saturated carbocycles. The highest BCUT2D eigenvalue weighted by atomic mass is 19.4. The molecule has 7 heteroatoms. The Labute approximate surface area is 108 Å². The summed E-state index contributed by atoms with van der Waals surface area (Å²) >= 11 is 0. The Hall–Kier alpha value is -1.76. The van der Waals surface area contributed by atoms with Crippen molar-refractivity contribution in [1.29, 1.82) is 0 Å². The fourth-order valence-corrected chi connectivity index (χ4v) is 1.31. The van der Waals surface area contributed by atoms with Crippen molar-refractivity contribution in [3.05, 3.63) is 23.8 Å². The van der Waals surface area contributed by atoms with Crippen LogP contribution in [0, 0.1) is 6.92 Å². The molecule has 0 aliphatic heterocycles. The van der Waals surface area contributed by atoms with Gasteiger partial charge in [0, 0.05) is 11.4 Å². The third-order valence-corrected chi connectivity index (χ3v) is 2.45. The Morgan fingerprint density at radius 2 is 2.11 bits per heavy atom. The summed E-state index contributed by atoms with van der Waals surface area (Å²) in [5.41, 5.74) is 7.29. The largest absolute Gasteiger partial charge is 0.414 e. The maximum Gasteiger partial charge on any atom is 0.414 e. The number of nitrogens with two attached hydrogens (primary N) is 1. The molecule has 3 N–H and O–H groups in total. The molecule has 4 nitrogen and oxygen atoms in total. The van der Waals surface area contributed by atoms with Crippen LogP contribution >= 0.6 is 0 Å². The number of carbonyl (C=O) groups excluding carboxylic acids is 1. The molecule has 0 aliphatic rings. The van der Waals surface area contributed by atoms with Gasteiger partial charge in [-0.15, -0.1) is 0 Å². The lowest BCUT2D eigenvalue weighted by Crippen LogP contribution is -2.32. The number of nitrogens with one attached hydrogen (secondary N) is 1. The summed E-state index contributed by atoms with van der Waals surface area (Å²) in [5.74, 6) is -0.649. The molecule has 0 spiro atoms. The number of rotatable bonds is 4. The van der Waals surface area contributed by atoms with Gasteiger partial charge in [-0.1, -0.05) is 0 Å². The maximum absolute atomic E-state index is 12.2. The quantitative estimate of drug-likeness (QED) is 0.830. The molecule has 1 amide bonds. The van der Waals surface area contributed by atoms with Crippen LogP contribution in [-0.2, 0) is 9.53 Å². The molecule has 0 saturated heterocycles. The van der Waals surface area contributed by atoms with Crippen LogP contribution in [0.25, 0.3) is 0 Å². The van der Waals surface area contributed by atoms with Gasteiger partial charge in [0.2, 0.25) is 5.91 Å². The first-order valence-electron chi connectivity index (χ1n) is 5.54. The Balaban J connectivity index is 2.52. The number of anilines is 2. The molecule has 0 fully saturated rings. The van der Waals surface area contributed by atoms with Gasteiger partial charge in [0.05, 0.1) is 0 Å². The van der Waals surface area contributed by atoms with E-state index in [4.69, 9.17) is 5.73 Å². The van der Waals surface area contributed by atoms with E-state index in [-0.39, 0.29) is 0 Å². The molecule has 1 atom stereocenters. The summed E-state index contributed by atoms with van der Waals surface area (Å²) in [6, 6.07) is 4.81. The smallest absolute Gasteiger partial charge is 0.399 e. The van der Waals surface area contributed by atoms with Crippen LogP contribution in [0.15, 0.2) is 18.2 Å². The number of ether oxygens (including phenoxy) is 1. The lowest BCUT2D eigenvalue weighted by molar-refractivity contribution is -0.213. The molecule has 106 valence electrons. The number of nitrogen functional groups attached to an aromatic ring is 1. The number of carbonyl (C=O) groups is 1. The number of alkyl halides is 3. The lowest BCUT2D eigenvalue weighted by atomic mass is 10.2. The summed E-state index contributed by atoms with van der Waals surface area (Å²) in [6.07, 6.45) is -6.46. The Kier molecular flexibility index (Phi) is 4.77. The fraction of sp³-hybridized carbons (Fsp3) is 0.417. The van der Waals surface area contributed by atoms with Gasteiger partial charge in [-0.3, -0.25) is 4.79 Å². The van der Waals surface area contributed by atoms with Gasteiger partial charge in [0.1, 0.15) is 6.61 Å². The number of hydrogen-bond donors (Lipinski definition) is 2. The Bertz CT molecular complexity index is 461. The van der Waals surface area contributed by atoms with Gasteiger partial charge < -0.3 is 15.8 Å². The highest BCUT2D eigenvalue weighted by Gasteiger charge is 2.37. The van der Waals surface area contributed by atoms with Crippen LogP contribution in [0.2, 0.25) is 0 Å². The number of halogens is 3. The summed E-state index contributed by atoms with van der Waals surface area (Å²) in [6.45, 7) is 1.91. The number of aryl methyl sites for hydroxylation is 1. The minimum atomic E-state index is -4.47. The Morgan fingerprint density at radius 3 is 2.63 bits per heavy atom. The van der Waals surface area contributed by atoms with E-state index in [1.165, 1.54) is 0 Å². The van der Waals surface area contributed by atoms with Gasteiger partial charge in [-0.25, -0.2) is 0 Å². The number of benzene rings is 1. The minimum Gasteiger partial charge on any atom is -0.399 e. The Morgan fingerprint density at radius 1 is 1.47 bits per heavy atom. The number of amides is 1. The topological polar surface area (TPSA) is 64.3 Å². The van der Waals surface area contributed by atoms with Crippen molar-refractivity contribution in [1.82, 2.24) is 0 Å². The molecule has 1 aromatic carbocycles. The van der Waals surface area contributed by atoms with Crippen molar-refractivity contribution < 1.29 is 22.7 Å². The second-order valence-corrected chi connectivity index (χ2v) is 4.12. The minimum absolute atomic E-state index is 0.488. The monoisotopic (exact) mass is 276 g/mol. The zero-order valence-corrected chi connectivity index (χ0v) is 10.5. The van der Waals surface area contributed by atoms with Gasteiger partial charge in [-0.2, -0.15) is 13.2 Å². The fourth-order valence-electron chi connectivity index (χ4n) is 1.31. The highest BCUT2D eigenvalue weighted by molar-refractivity contribution is 5.92. The van der Waals surface area contributed by atoms with Crippen LogP contribution in [0.1, 0.15) is 12.5 Å². The van der Waals surface area contributed by atoms with E-state index in [0.29, 0.717) is 11.4 Å². The average Bonchev–Trinajstić information content (AvgIpc) is 2.28. The normalized spacial score (nSPS) is 13.1. The van der Waals surface area contributed by atoms with E-state index >= 15 is 0 Å². The second kappa shape index (κ2) is 5.92. The number of hydrogen-bond acceptors (Lipinski definition) is 3. The molecular weight excluding hydrogens is 261 g/mol. The average molecular weight is 276 g/mol. The SMILES string of the molecule is Cc1cc(N)ccc1NC(=O)COC(C)C(F)(F)F. The molecule has 0 radical (unpaired) electrons. The third-order valence-electron chi connectivity index (χ3n) is 2.45. The third kappa shape index (κ3) is 4.78. The summed E-state index contributed by atoms with van der Waals surface area (Å²) < 4.78 is 40.9. The van der Waals surface area contributed by atoms with Gasteiger partial charge in [-0.05, 0) is 37.6 Å². The van der Waals surface area contributed by atoms with E-state index < -0.39 is 24.8 Å². The van der Waals surface area contributed by atoms with Crippen molar-refractivity contribution in [2.75, 3.05) is 17.7 Å². The predicted molar refractivity (Wildman–Crippen MR) is 65.7 cm³/mol. The van der Waals surface area contributed by atoms with E-state index in [0.717, 1.165) is 12.5 Å². The van der Waals surface area contributed by atoms with Gasteiger partial charge in [0.15, 0.2) is 6.10 Å². The molecule has 0 heterocycles.